The number of aliphatic carboxylic acids is 1. The molecule has 1 aromatic heterocycles. The standard InChI is InChI=1S/C15H21N3O4/c1-15(2,3)22-14(21)17-11-8-18(9-11)12(13(19)20)10-4-6-16-7-5-10/h4-7,11-12H,8-9H2,1-3H3,(H,17,21)(H,19,20)/t12-/m1/s1. The molecule has 1 atom stereocenters. The Labute approximate surface area is 129 Å². The lowest BCUT2D eigenvalue weighted by atomic mass is 10.00. The molecule has 1 saturated heterocycles. The molecule has 2 N–H and O–H groups in total. The highest BCUT2D eigenvalue weighted by Crippen LogP contribution is 2.26. The van der Waals surface area contributed by atoms with Gasteiger partial charge in [-0.1, -0.05) is 0 Å². The topological polar surface area (TPSA) is 91.8 Å². The van der Waals surface area contributed by atoms with Crippen LogP contribution in [-0.4, -0.2) is 51.8 Å². The zero-order chi connectivity index (χ0) is 16.3. The van der Waals surface area contributed by atoms with Gasteiger partial charge in [-0.3, -0.25) is 14.7 Å². The van der Waals surface area contributed by atoms with Crippen LogP contribution >= 0.6 is 0 Å². The van der Waals surface area contributed by atoms with E-state index >= 15 is 0 Å². The molecule has 7 nitrogen and oxygen atoms in total. The van der Waals surface area contributed by atoms with Crippen molar-refractivity contribution in [3.63, 3.8) is 0 Å². The summed E-state index contributed by atoms with van der Waals surface area (Å²) in [5.41, 5.74) is 0.131. The van der Waals surface area contributed by atoms with Gasteiger partial charge >= 0.3 is 12.1 Å². The Kier molecular flexibility index (Phi) is 4.65. The second-order valence-electron chi connectivity index (χ2n) is 6.32. The van der Waals surface area contributed by atoms with Crippen molar-refractivity contribution >= 4 is 12.1 Å². The van der Waals surface area contributed by atoms with Crippen molar-refractivity contribution in [2.75, 3.05) is 13.1 Å². The van der Waals surface area contributed by atoms with Crippen molar-refractivity contribution in [3.8, 4) is 0 Å². The van der Waals surface area contributed by atoms with Crippen LogP contribution < -0.4 is 5.32 Å². The highest BCUT2D eigenvalue weighted by molar-refractivity contribution is 5.76. The summed E-state index contributed by atoms with van der Waals surface area (Å²) in [6.45, 7) is 6.33. The van der Waals surface area contributed by atoms with E-state index in [0.29, 0.717) is 18.7 Å². The number of likely N-dealkylation sites (tertiary alicyclic amines) is 1. The Morgan fingerprint density at radius 1 is 1.36 bits per heavy atom. The molecule has 0 aliphatic carbocycles. The molecule has 1 aromatic rings. The first-order chi connectivity index (χ1) is 10.3. The summed E-state index contributed by atoms with van der Waals surface area (Å²) >= 11 is 0. The van der Waals surface area contributed by atoms with E-state index in [1.807, 2.05) is 0 Å². The minimum atomic E-state index is -0.915. The number of rotatable bonds is 4. The van der Waals surface area contributed by atoms with Gasteiger partial charge in [-0.2, -0.15) is 0 Å². The van der Waals surface area contributed by atoms with Gasteiger partial charge in [-0.15, -0.1) is 0 Å². The Morgan fingerprint density at radius 3 is 2.45 bits per heavy atom. The van der Waals surface area contributed by atoms with Crippen molar-refractivity contribution in [1.29, 1.82) is 0 Å². The number of nitrogens with zero attached hydrogens (tertiary/aromatic N) is 2. The molecule has 7 heteroatoms. The summed E-state index contributed by atoms with van der Waals surface area (Å²) in [6, 6.07) is 2.55. The number of carboxylic acid groups (broad SMARTS) is 1. The lowest BCUT2D eigenvalue weighted by molar-refractivity contribution is -0.145. The SMILES string of the molecule is CC(C)(C)OC(=O)NC1CN([C@@H](C(=O)O)c2ccncc2)C1. The molecular formula is C15H21N3O4. The fourth-order valence-electron chi connectivity index (χ4n) is 2.34. The molecule has 1 fully saturated rings. The van der Waals surface area contributed by atoms with Gasteiger partial charge in [0.2, 0.25) is 0 Å². The van der Waals surface area contributed by atoms with Crippen LogP contribution in [0, 0.1) is 0 Å². The minimum absolute atomic E-state index is 0.0986. The number of pyridine rings is 1. The molecule has 0 saturated carbocycles. The number of alkyl carbamates (subject to hydrolysis) is 1. The van der Waals surface area contributed by atoms with Gasteiger partial charge in [0.1, 0.15) is 11.6 Å². The van der Waals surface area contributed by atoms with Gasteiger partial charge in [0.25, 0.3) is 0 Å². The van der Waals surface area contributed by atoms with E-state index in [9.17, 15) is 14.7 Å². The molecule has 120 valence electrons. The van der Waals surface area contributed by atoms with Crippen molar-refractivity contribution in [2.45, 2.75) is 38.5 Å². The van der Waals surface area contributed by atoms with Crippen LogP contribution in [0.3, 0.4) is 0 Å². The second-order valence-corrected chi connectivity index (χ2v) is 6.32. The Hall–Kier alpha value is -2.15. The number of ether oxygens (including phenoxy) is 1. The Bertz CT molecular complexity index is 535. The van der Waals surface area contributed by atoms with E-state index < -0.39 is 23.7 Å². The molecule has 0 aromatic carbocycles. The number of amides is 1. The number of nitrogens with one attached hydrogen (secondary N) is 1. The predicted octanol–water partition coefficient (Wildman–Crippen LogP) is 1.42. The number of hydrogen-bond acceptors (Lipinski definition) is 5. The molecule has 2 rings (SSSR count). The van der Waals surface area contributed by atoms with Gasteiger partial charge in [-0.25, -0.2) is 4.79 Å². The van der Waals surface area contributed by atoms with Crippen molar-refractivity contribution in [1.82, 2.24) is 15.2 Å². The Morgan fingerprint density at radius 2 is 1.95 bits per heavy atom. The maximum Gasteiger partial charge on any atom is 0.407 e. The molecule has 2 heterocycles. The number of carbonyl (C=O) groups excluding carboxylic acids is 1. The zero-order valence-electron chi connectivity index (χ0n) is 12.9. The third kappa shape index (κ3) is 4.17. The molecular weight excluding hydrogens is 286 g/mol. The average molecular weight is 307 g/mol. The largest absolute Gasteiger partial charge is 0.480 e. The summed E-state index contributed by atoms with van der Waals surface area (Å²) in [5, 5.41) is 12.1. The van der Waals surface area contributed by atoms with Crippen LogP contribution in [0.5, 0.6) is 0 Å². The molecule has 0 spiro atoms. The summed E-state index contributed by atoms with van der Waals surface area (Å²) in [4.78, 5) is 28.8. The van der Waals surface area contributed by atoms with E-state index in [0.717, 1.165) is 0 Å². The number of carbonyl (C=O) groups is 2. The molecule has 1 aliphatic heterocycles. The third-order valence-corrected chi connectivity index (χ3v) is 3.25. The average Bonchev–Trinajstić information content (AvgIpc) is 2.34. The molecule has 0 radical (unpaired) electrons. The molecule has 22 heavy (non-hydrogen) atoms. The predicted molar refractivity (Wildman–Crippen MR) is 79.3 cm³/mol. The highest BCUT2D eigenvalue weighted by atomic mass is 16.6. The van der Waals surface area contributed by atoms with Crippen molar-refractivity contribution in [3.05, 3.63) is 30.1 Å². The summed E-state index contributed by atoms with van der Waals surface area (Å²) in [6.07, 6.45) is 2.66. The monoisotopic (exact) mass is 307 g/mol. The first-order valence-electron chi connectivity index (χ1n) is 7.12. The maximum atomic E-state index is 11.7. The second kappa shape index (κ2) is 6.31. The van der Waals surface area contributed by atoms with Crippen LogP contribution in [0.25, 0.3) is 0 Å². The van der Waals surface area contributed by atoms with Gasteiger partial charge in [-0.05, 0) is 38.5 Å². The fraction of sp³-hybridized carbons (Fsp3) is 0.533. The molecule has 0 bridgehead atoms. The maximum absolute atomic E-state index is 11.7. The van der Waals surface area contributed by atoms with E-state index in [1.165, 1.54) is 0 Å². The van der Waals surface area contributed by atoms with Crippen LogP contribution in [0.2, 0.25) is 0 Å². The normalized spacial score (nSPS) is 17.4. The minimum Gasteiger partial charge on any atom is -0.480 e. The summed E-state index contributed by atoms with van der Waals surface area (Å²) in [7, 11) is 0. The van der Waals surface area contributed by atoms with Crippen LogP contribution in [-0.2, 0) is 9.53 Å². The molecule has 0 unspecified atom stereocenters. The van der Waals surface area contributed by atoms with E-state index in [1.54, 1.807) is 50.2 Å². The summed E-state index contributed by atoms with van der Waals surface area (Å²) in [5.74, 6) is -0.915. The quantitative estimate of drug-likeness (QED) is 0.874. The fourth-order valence-corrected chi connectivity index (χ4v) is 2.34. The van der Waals surface area contributed by atoms with Crippen LogP contribution in [0.4, 0.5) is 4.79 Å². The first kappa shape index (κ1) is 16.2. The molecule has 1 aliphatic rings. The zero-order valence-corrected chi connectivity index (χ0v) is 12.9. The summed E-state index contributed by atoms with van der Waals surface area (Å²) < 4.78 is 5.18. The smallest absolute Gasteiger partial charge is 0.407 e. The third-order valence-electron chi connectivity index (χ3n) is 3.25. The lowest BCUT2D eigenvalue weighted by Crippen LogP contribution is -2.61. The molecule has 1 amide bonds. The van der Waals surface area contributed by atoms with Gasteiger partial charge in [0.15, 0.2) is 0 Å². The van der Waals surface area contributed by atoms with E-state index in [-0.39, 0.29) is 6.04 Å². The van der Waals surface area contributed by atoms with Gasteiger partial charge in [0, 0.05) is 25.5 Å². The highest BCUT2D eigenvalue weighted by Gasteiger charge is 2.38. The van der Waals surface area contributed by atoms with Crippen molar-refractivity contribution in [2.24, 2.45) is 0 Å². The number of hydrogen-bond donors (Lipinski definition) is 2. The van der Waals surface area contributed by atoms with Gasteiger partial charge < -0.3 is 15.2 Å². The van der Waals surface area contributed by atoms with Crippen LogP contribution in [0.15, 0.2) is 24.5 Å². The Balaban J connectivity index is 1.89. The van der Waals surface area contributed by atoms with Crippen molar-refractivity contribution < 1.29 is 19.4 Å². The lowest BCUT2D eigenvalue weighted by Gasteiger charge is -2.42. The number of carboxylic acids is 1. The van der Waals surface area contributed by atoms with Crippen LogP contribution in [0.1, 0.15) is 32.4 Å². The van der Waals surface area contributed by atoms with E-state index in [4.69, 9.17) is 4.74 Å². The number of aromatic nitrogens is 1. The van der Waals surface area contributed by atoms with Gasteiger partial charge in [0.05, 0.1) is 6.04 Å². The first-order valence-corrected chi connectivity index (χ1v) is 7.12. The van der Waals surface area contributed by atoms with E-state index in [2.05, 4.69) is 10.3 Å².